The lowest BCUT2D eigenvalue weighted by atomic mass is 10.1. The van der Waals surface area contributed by atoms with Crippen molar-refractivity contribution in [1.29, 1.82) is 0 Å². The van der Waals surface area contributed by atoms with Crippen LogP contribution in [0.2, 0.25) is 0 Å². The molecule has 0 spiro atoms. The van der Waals surface area contributed by atoms with Gasteiger partial charge >= 0.3 is 0 Å². The third-order valence-corrected chi connectivity index (χ3v) is 6.33. The lowest BCUT2D eigenvalue weighted by molar-refractivity contribution is 0.508. The van der Waals surface area contributed by atoms with Gasteiger partial charge in [-0.1, -0.05) is 13.3 Å². The lowest BCUT2D eigenvalue weighted by Gasteiger charge is -2.10. The molecule has 0 radical (unpaired) electrons. The number of anilines is 1. The van der Waals surface area contributed by atoms with Crippen LogP contribution in [0.1, 0.15) is 31.4 Å². The average molecular weight is 325 g/mol. The number of hydrogen-bond acceptors (Lipinski definition) is 5. The van der Waals surface area contributed by atoms with Crippen molar-refractivity contribution in [3.8, 4) is 11.3 Å². The molecule has 0 saturated carbocycles. The largest absolute Gasteiger partial charge is 0.384 e. The van der Waals surface area contributed by atoms with Crippen LogP contribution in [0.3, 0.4) is 0 Å². The van der Waals surface area contributed by atoms with Gasteiger partial charge in [0.05, 0.1) is 23.2 Å². The molecule has 3 rings (SSSR count). The smallest absolute Gasteiger partial charge is 0.152 e. The molecule has 21 heavy (non-hydrogen) atoms. The van der Waals surface area contributed by atoms with Crippen molar-refractivity contribution in [3.05, 3.63) is 22.4 Å². The molecule has 2 aromatic heterocycles. The summed E-state index contributed by atoms with van der Waals surface area (Å²) >= 11 is 1.62. The highest BCUT2D eigenvalue weighted by Crippen LogP contribution is 2.34. The summed E-state index contributed by atoms with van der Waals surface area (Å²) < 4.78 is 25.1. The zero-order chi connectivity index (χ0) is 15.0. The van der Waals surface area contributed by atoms with E-state index >= 15 is 0 Å². The van der Waals surface area contributed by atoms with Crippen LogP contribution < -0.4 is 5.73 Å². The van der Waals surface area contributed by atoms with Gasteiger partial charge in [0.15, 0.2) is 9.84 Å². The number of nitrogen functional groups attached to an aromatic ring is 1. The molecule has 2 N–H and O–H groups in total. The van der Waals surface area contributed by atoms with Crippen LogP contribution >= 0.6 is 11.3 Å². The fourth-order valence-corrected chi connectivity index (χ4v) is 5.19. The first-order valence-electron chi connectivity index (χ1n) is 7.11. The van der Waals surface area contributed by atoms with Gasteiger partial charge in [-0.05, 0) is 24.3 Å². The fraction of sp³-hybridized carbons (Fsp3) is 0.500. The van der Waals surface area contributed by atoms with Crippen molar-refractivity contribution in [2.75, 3.05) is 17.2 Å². The fourth-order valence-electron chi connectivity index (χ4n) is 2.86. The molecule has 1 unspecified atom stereocenters. The molecule has 0 amide bonds. The van der Waals surface area contributed by atoms with E-state index in [0.717, 1.165) is 29.7 Å². The summed E-state index contributed by atoms with van der Waals surface area (Å²) in [6.45, 7) is 2.11. The molecule has 114 valence electrons. The van der Waals surface area contributed by atoms with E-state index in [-0.39, 0.29) is 17.5 Å². The van der Waals surface area contributed by atoms with Gasteiger partial charge in [-0.3, -0.25) is 0 Å². The predicted molar refractivity (Wildman–Crippen MR) is 86.3 cm³/mol. The number of nitrogens with zero attached hydrogens (tertiary/aromatic N) is 2. The van der Waals surface area contributed by atoms with E-state index in [4.69, 9.17) is 5.73 Å². The van der Waals surface area contributed by atoms with Crippen LogP contribution in [0.5, 0.6) is 0 Å². The van der Waals surface area contributed by atoms with Crippen molar-refractivity contribution in [2.45, 2.75) is 32.2 Å². The van der Waals surface area contributed by atoms with Gasteiger partial charge in [0.25, 0.3) is 0 Å². The first kappa shape index (κ1) is 14.6. The summed E-state index contributed by atoms with van der Waals surface area (Å²) in [5.41, 5.74) is 9.28. The molecule has 1 saturated heterocycles. The predicted octanol–water partition coefficient (Wildman–Crippen LogP) is 2.51. The molecule has 7 heteroatoms. The topological polar surface area (TPSA) is 78.0 Å². The van der Waals surface area contributed by atoms with Crippen molar-refractivity contribution in [2.24, 2.45) is 0 Å². The maximum atomic E-state index is 11.7. The number of nitrogens with two attached hydrogens (primary N) is 1. The minimum absolute atomic E-state index is 0.127. The Morgan fingerprint density at radius 3 is 2.90 bits per heavy atom. The molecule has 0 aromatic carbocycles. The summed E-state index contributed by atoms with van der Waals surface area (Å²) in [5, 5.41) is 8.72. The average Bonchev–Trinajstić information content (AvgIpc) is 3.12. The molecule has 1 aliphatic heterocycles. The van der Waals surface area contributed by atoms with Gasteiger partial charge in [0, 0.05) is 16.5 Å². The zero-order valence-corrected chi connectivity index (χ0v) is 13.6. The summed E-state index contributed by atoms with van der Waals surface area (Å²) in [6, 6.07) is 1.90. The minimum Gasteiger partial charge on any atom is -0.384 e. The maximum Gasteiger partial charge on any atom is 0.152 e. The second-order valence-corrected chi connectivity index (χ2v) is 8.48. The highest BCUT2D eigenvalue weighted by Gasteiger charge is 2.32. The van der Waals surface area contributed by atoms with E-state index in [1.54, 1.807) is 16.0 Å². The van der Waals surface area contributed by atoms with Crippen LogP contribution in [-0.2, 0) is 16.3 Å². The Bertz CT molecular complexity index is 733. The maximum absolute atomic E-state index is 11.7. The van der Waals surface area contributed by atoms with Crippen LogP contribution in [-0.4, -0.2) is 29.7 Å². The Morgan fingerprint density at radius 1 is 1.52 bits per heavy atom. The molecule has 0 bridgehead atoms. The third-order valence-electron chi connectivity index (χ3n) is 3.90. The lowest BCUT2D eigenvalue weighted by Crippen LogP contribution is -2.15. The van der Waals surface area contributed by atoms with Gasteiger partial charge in [-0.25, -0.2) is 13.1 Å². The van der Waals surface area contributed by atoms with Crippen molar-refractivity contribution < 1.29 is 8.42 Å². The summed E-state index contributed by atoms with van der Waals surface area (Å²) in [4.78, 5) is 0. The van der Waals surface area contributed by atoms with E-state index in [1.807, 2.05) is 11.4 Å². The van der Waals surface area contributed by atoms with Crippen LogP contribution in [0, 0.1) is 0 Å². The molecule has 1 atom stereocenters. The van der Waals surface area contributed by atoms with Crippen molar-refractivity contribution in [1.82, 2.24) is 9.78 Å². The van der Waals surface area contributed by atoms with Gasteiger partial charge < -0.3 is 5.73 Å². The molecule has 2 aromatic rings. The number of aromatic nitrogens is 2. The summed E-state index contributed by atoms with van der Waals surface area (Å²) in [6.07, 6.45) is 2.44. The molecule has 1 fully saturated rings. The molecular weight excluding hydrogens is 306 g/mol. The zero-order valence-electron chi connectivity index (χ0n) is 11.9. The first-order chi connectivity index (χ1) is 10.0. The summed E-state index contributed by atoms with van der Waals surface area (Å²) in [7, 11) is -2.94. The van der Waals surface area contributed by atoms with E-state index < -0.39 is 9.84 Å². The standard InChI is InChI=1S/C14H19N3O2S2/c1-2-3-12-13(10-4-6-20-8-10)16-17(14(12)15)11-5-7-21(18,19)9-11/h4,6,8,11H,2-3,5,7,9,15H2,1H3. The molecule has 1 aliphatic rings. The quantitative estimate of drug-likeness (QED) is 0.937. The Kier molecular flexibility index (Phi) is 3.79. The second kappa shape index (κ2) is 5.46. The molecule has 3 heterocycles. The monoisotopic (exact) mass is 325 g/mol. The molecular formula is C14H19N3O2S2. The van der Waals surface area contributed by atoms with Gasteiger partial charge in [-0.2, -0.15) is 16.4 Å². The van der Waals surface area contributed by atoms with Crippen LogP contribution in [0.15, 0.2) is 16.8 Å². The number of thiophene rings is 1. The third kappa shape index (κ3) is 2.72. The van der Waals surface area contributed by atoms with Crippen molar-refractivity contribution in [3.63, 3.8) is 0 Å². The van der Waals surface area contributed by atoms with Crippen LogP contribution in [0.4, 0.5) is 5.82 Å². The van der Waals surface area contributed by atoms with Crippen LogP contribution in [0.25, 0.3) is 11.3 Å². The normalized spacial score (nSPS) is 20.9. The highest BCUT2D eigenvalue weighted by molar-refractivity contribution is 7.91. The van der Waals surface area contributed by atoms with Gasteiger partial charge in [0.2, 0.25) is 0 Å². The highest BCUT2D eigenvalue weighted by atomic mass is 32.2. The van der Waals surface area contributed by atoms with Gasteiger partial charge in [-0.15, -0.1) is 0 Å². The Balaban J connectivity index is 2.04. The van der Waals surface area contributed by atoms with E-state index in [1.165, 1.54) is 0 Å². The number of sulfone groups is 1. The minimum atomic E-state index is -2.94. The SMILES string of the molecule is CCCc1c(-c2ccsc2)nn(C2CCS(=O)(=O)C2)c1N. The van der Waals surface area contributed by atoms with Gasteiger partial charge in [0.1, 0.15) is 5.82 Å². The van der Waals surface area contributed by atoms with E-state index in [0.29, 0.717) is 12.2 Å². The molecule has 5 nitrogen and oxygen atoms in total. The Hall–Kier alpha value is -1.34. The Morgan fingerprint density at radius 2 is 2.33 bits per heavy atom. The second-order valence-electron chi connectivity index (χ2n) is 5.48. The number of rotatable bonds is 4. The molecule has 0 aliphatic carbocycles. The van der Waals surface area contributed by atoms with Crippen molar-refractivity contribution >= 4 is 27.0 Å². The first-order valence-corrected chi connectivity index (χ1v) is 9.88. The number of hydrogen-bond donors (Lipinski definition) is 1. The van der Waals surface area contributed by atoms with E-state index in [2.05, 4.69) is 17.4 Å². The Labute approximate surface area is 128 Å². The van der Waals surface area contributed by atoms with E-state index in [9.17, 15) is 8.42 Å². The summed E-state index contributed by atoms with van der Waals surface area (Å²) in [5.74, 6) is 1.00.